The lowest BCUT2D eigenvalue weighted by atomic mass is 9.97. The highest BCUT2D eigenvalue weighted by Gasteiger charge is 2.39. The van der Waals surface area contributed by atoms with Crippen LogP contribution in [0.5, 0.6) is 0 Å². The lowest BCUT2D eigenvalue weighted by Crippen LogP contribution is -2.45. The topological polar surface area (TPSA) is 152 Å². The number of rotatable bonds is 17. The number of hydrogen-bond donors (Lipinski definition) is 4. The number of nitrogens with one attached hydrogen (secondary N) is 2. The fraction of sp³-hybridized carbons (Fsp3) is 0.438. The van der Waals surface area contributed by atoms with Crippen LogP contribution >= 0.6 is 0 Å². The van der Waals surface area contributed by atoms with E-state index in [9.17, 15) is 19.5 Å². The fourth-order valence-corrected chi connectivity index (χ4v) is 7.78. The molecule has 5 N–H and O–H groups in total. The molecule has 11 heteroatoms. The van der Waals surface area contributed by atoms with Gasteiger partial charge in [0.1, 0.15) is 11.6 Å². The molecule has 11 nitrogen and oxygen atoms in total. The summed E-state index contributed by atoms with van der Waals surface area (Å²) < 4.78 is 19.1. The van der Waals surface area contributed by atoms with Gasteiger partial charge in [-0.1, -0.05) is 97.8 Å². The molecule has 2 saturated heterocycles. The Morgan fingerprint density at radius 1 is 0.831 bits per heavy atom. The first kappa shape index (κ1) is 43.5. The highest BCUT2D eigenvalue weighted by Crippen LogP contribution is 2.39. The van der Waals surface area contributed by atoms with Gasteiger partial charge in [0.25, 0.3) is 0 Å². The van der Waals surface area contributed by atoms with Gasteiger partial charge in [0.15, 0.2) is 6.29 Å². The van der Waals surface area contributed by atoms with Crippen LogP contribution in [0.2, 0.25) is 0 Å². The zero-order valence-electron chi connectivity index (χ0n) is 34.7. The molecule has 0 bridgehead atoms. The first-order valence-electron chi connectivity index (χ1n) is 21.0. The molecule has 0 aliphatic carbocycles. The maximum Gasteiger partial charge on any atom is 0.323 e. The zero-order valence-corrected chi connectivity index (χ0v) is 34.7. The third-order valence-electron chi connectivity index (χ3n) is 10.9. The summed E-state index contributed by atoms with van der Waals surface area (Å²) >= 11 is 0. The predicted octanol–water partition coefficient (Wildman–Crippen LogP) is 8.38. The van der Waals surface area contributed by atoms with Crippen LogP contribution < -0.4 is 16.4 Å². The van der Waals surface area contributed by atoms with E-state index in [-0.39, 0.29) is 42.6 Å². The number of ether oxygens (including phenoxy) is 3. The molecule has 0 unspecified atom stereocenters. The van der Waals surface area contributed by atoms with Crippen molar-refractivity contribution < 1.29 is 33.7 Å². The van der Waals surface area contributed by atoms with Gasteiger partial charge in [-0.15, -0.1) is 0 Å². The van der Waals surface area contributed by atoms with Crippen LogP contribution in [0, 0.1) is 0 Å². The summed E-state index contributed by atoms with van der Waals surface area (Å²) in [6.45, 7) is 7.45. The number of amides is 2. The molecule has 0 aromatic heterocycles. The second-order valence-electron chi connectivity index (χ2n) is 16.6. The Morgan fingerprint density at radius 2 is 1.51 bits per heavy atom. The lowest BCUT2D eigenvalue weighted by Gasteiger charge is -2.38. The van der Waals surface area contributed by atoms with Gasteiger partial charge in [-0.05, 0) is 92.9 Å². The van der Waals surface area contributed by atoms with Crippen LogP contribution in [-0.4, -0.2) is 58.6 Å². The van der Waals surface area contributed by atoms with Crippen molar-refractivity contribution >= 4 is 29.2 Å². The Balaban J connectivity index is 1.03. The molecule has 4 atom stereocenters. The molecule has 314 valence electrons. The molecule has 2 amide bonds. The number of aliphatic hydroxyl groups excluding tert-OH is 1. The summed E-state index contributed by atoms with van der Waals surface area (Å²) in [5.74, 6) is -0.246. The minimum Gasteiger partial charge on any atom is -0.459 e. The number of benzene rings is 4. The first-order valence-corrected chi connectivity index (χ1v) is 21.0. The van der Waals surface area contributed by atoms with E-state index in [0.29, 0.717) is 43.7 Å². The number of carbonyl (C=O) groups excluding carboxylic acids is 3. The molecular weight excluding hydrogens is 745 g/mol. The highest BCUT2D eigenvalue weighted by atomic mass is 16.7. The molecule has 4 aromatic carbocycles. The molecule has 4 aromatic rings. The lowest BCUT2D eigenvalue weighted by molar-refractivity contribution is -0.253. The average Bonchev–Trinajstić information content (AvgIpc) is 3.70. The number of para-hydroxylation sites is 2. The van der Waals surface area contributed by atoms with Gasteiger partial charge in [-0.3, -0.25) is 19.3 Å². The van der Waals surface area contributed by atoms with Crippen LogP contribution in [0.3, 0.4) is 0 Å². The third-order valence-corrected chi connectivity index (χ3v) is 10.9. The molecular formula is C48H60N4O7. The fourth-order valence-electron chi connectivity index (χ4n) is 7.78. The monoisotopic (exact) mass is 804 g/mol. The van der Waals surface area contributed by atoms with Crippen molar-refractivity contribution in [2.24, 2.45) is 0 Å². The van der Waals surface area contributed by atoms with Crippen molar-refractivity contribution in [1.29, 1.82) is 0 Å². The number of carbonyl (C=O) groups is 3. The average molecular weight is 805 g/mol. The quantitative estimate of drug-likeness (QED) is 0.0469. The Hall–Kier alpha value is -5.07. The highest BCUT2D eigenvalue weighted by molar-refractivity contribution is 5.93. The number of esters is 1. The van der Waals surface area contributed by atoms with Crippen molar-refractivity contribution in [2.75, 3.05) is 24.1 Å². The summed E-state index contributed by atoms with van der Waals surface area (Å²) in [5.41, 5.74) is 12.3. The van der Waals surface area contributed by atoms with Crippen LogP contribution in [0.25, 0.3) is 11.1 Å². The summed E-state index contributed by atoms with van der Waals surface area (Å²) in [7, 11) is 0. The van der Waals surface area contributed by atoms with Crippen molar-refractivity contribution in [3.63, 3.8) is 0 Å². The number of likely N-dealkylation sites (tertiary alicyclic amines) is 1. The summed E-state index contributed by atoms with van der Waals surface area (Å²) in [5, 5.41) is 15.6. The van der Waals surface area contributed by atoms with E-state index in [1.807, 2.05) is 87.5 Å². The van der Waals surface area contributed by atoms with Gasteiger partial charge in [-0.25, -0.2) is 0 Å². The van der Waals surface area contributed by atoms with E-state index in [1.54, 1.807) is 12.1 Å². The molecule has 0 saturated carbocycles. The Morgan fingerprint density at radius 3 is 2.22 bits per heavy atom. The van der Waals surface area contributed by atoms with E-state index >= 15 is 0 Å². The normalized spacial score (nSPS) is 19.6. The minimum absolute atomic E-state index is 0.000461. The van der Waals surface area contributed by atoms with Crippen LogP contribution in [0.15, 0.2) is 97.1 Å². The van der Waals surface area contributed by atoms with E-state index < -0.39 is 11.9 Å². The second kappa shape index (κ2) is 20.8. The van der Waals surface area contributed by atoms with E-state index in [4.69, 9.17) is 19.9 Å². The van der Waals surface area contributed by atoms with Crippen molar-refractivity contribution in [3.05, 3.63) is 119 Å². The van der Waals surface area contributed by atoms with Crippen molar-refractivity contribution in [1.82, 2.24) is 10.2 Å². The van der Waals surface area contributed by atoms with Gasteiger partial charge >= 0.3 is 5.97 Å². The van der Waals surface area contributed by atoms with Crippen LogP contribution in [-0.2, 0) is 41.7 Å². The largest absolute Gasteiger partial charge is 0.459 e. The number of nitrogen functional groups attached to an aromatic ring is 1. The molecule has 2 heterocycles. The summed E-state index contributed by atoms with van der Waals surface area (Å²) in [4.78, 5) is 40.4. The summed E-state index contributed by atoms with van der Waals surface area (Å²) in [6.07, 6.45) is 5.31. The van der Waals surface area contributed by atoms with Gasteiger partial charge in [0.2, 0.25) is 11.8 Å². The minimum atomic E-state index is -0.631. The number of nitrogens with two attached hydrogens (primary N) is 1. The van der Waals surface area contributed by atoms with Crippen LogP contribution in [0.1, 0.15) is 113 Å². The Bertz CT molecular complexity index is 2000. The maximum absolute atomic E-state index is 13.1. The van der Waals surface area contributed by atoms with Gasteiger partial charge in [0, 0.05) is 37.9 Å². The zero-order chi connectivity index (χ0) is 41.8. The van der Waals surface area contributed by atoms with Gasteiger partial charge in [0.05, 0.1) is 30.2 Å². The number of nitrogens with zero attached hydrogens (tertiary/aromatic N) is 1. The van der Waals surface area contributed by atoms with E-state index in [0.717, 1.165) is 78.5 Å². The molecule has 2 aliphatic rings. The molecule has 0 radical (unpaired) electrons. The van der Waals surface area contributed by atoms with Crippen molar-refractivity contribution in [3.8, 4) is 11.1 Å². The van der Waals surface area contributed by atoms with Gasteiger partial charge < -0.3 is 35.7 Å². The molecule has 0 spiro atoms. The van der Waals surface area contributed by atoms with Gasteiger partial charge in [-0.2, -0.15) is 0 Å². The molecule has 59 heavy (non-hydrogen) atoms. The van der Waals surface area contributed by atoms with Crippen molar-refractivity contribution in [2.45, 2.75) is 122 Å². The SMILES string of the molecule is CC(C)(C)OC(=O)[C@@H]1CCCN1C[C@@H]1C[C@H](c2ccc(CO)cc2)O[C@H](c2ccc(-c3ccccc3CNC(=O)CCCCCCC(=O)Nc3ccccc3N)cc2)O1. The molecule has 6 rings (SSSR count). The molecule has 2 aliphatic heterocycles. The Kier molecular flexibility index (Phi) is 15.3. The standard InChI is InChI=1S/C48H60N4O7/c1-48(2,3)59-46(56)42-17-12-28-52(42)31-38-29-43(35-22-20-33(32-53)21-23-35)58-47(57-38)36-26-24-34(25-27-36)39-14-9-8-13-37(39)30-50-44(54)18-6-4-5-7-19-45(55)51-41-16-11-10-15-40(41)49/h8-11,13-16,20-27,38,42-43,47,53H,4-7,12,17-19,28-32,49H2,1-3H3,(H,50,54)(H,51,55)/t38-,42-,43+,47+/m0/s1. The smallest absolute Gasteiger partial charge is 0.323 e. The predicted molar refractivity (Wildman–Crippen MR) is 230 cm³/mol. The van der Waals surface area contributed by atoms with Crippen LogP contribution in [0.4, 0.5) is 11.4 Å². The van der Waals surface area contributed by atoms with E-state index in [1.165, 1.54) is 0 Å². The number of anilines is 2. The summed E-state index contributed by atoms with van der Waals surface area (Å²) in [6, 6.07) is 31.0. The second-order valence-corrected chi connectivity index (χ2v) is 16.6. The maximum atomic E-state index is 13.1. The third kappa shape index (κ3) is 12.7. The molecule has 2 fully saturated rings. The number of hydrogen-bond acceptors (Lipinski definition) is 9. The Labute approximate surface area is 348 Å². The number of unbranched alkanes of at least 4 members (excludes halogenated alkanes) is 3. The van der Waals surface area contributed by atoms with E-state index in [2.05, 4.69) is 33.7 Å². The number of aliphatic hydroxyl groups is 1. The first-order chi connectivity index (χ1) is 28.5.